The number of fused-ring (bicyclic) bond motifs is 4. The first-order valence-corrected chi connectivity index (χ1v) is 17.0. The van der Waals surface area contributed by atoms with Gasteiger partial charge in [0.15, 0.2) is 44.5 Å². The Labute approximate surface area is 313 Å². The second-order valence-corrected chi connectivity index (χ2v) is 14.4. The van der Waals surface area contributed by atoms with Gasteiger partial charge in [-0.3, -0.25) is 24.1 Å². The number of methoxy groups -OCH3 is 2. The minimum absolute atomic E-state index is 0.0246. The summed E-state index contributed by atoms with van der Waals surface area (Å²) in [5.74, 6) is -21.8. The highest BCUT2D eigenvalue weighted by Crippen LogP contribution is 2.64. The fourth-order valence-electron chi connectivity index (χ4n) is 8.05. The molecule has 0 spiro atoms. The van der Waals surface area contributed by atoms with E-state index >= 15 is 8.78 Å². The second-order valence-electron chi connectivity index (χ2n) is 13.2. The van der Waals surface area contributed by atoms with E-state index in [0.717, 1.165) is 10.5 Å². The Morgan fingerprint density at radius 3 is 1.94 bits per heavy atom. The highest BCUT2D eigenvalue weighted by atomic mass is 35.5. The molecule has 2 aliphatic carbocycles. The van der Waals surface area contributed by atoms with Crippen LogP contribution in [0.3, 0.4) is 0 Å². The summed E-state index contributed by atoms with van der Waals surface area (Å²) >= 11 is 14.3. The third-order valence-electron chi connectivity index (χ3n) is 10.6. The van der Waals surface area contributed by atoms with E-state index in [1.165, 1.54) is 38.5 Å². The predicted octanol–water partition coefficient (Wildman–Crippen LogP) is 7.06. The number of hydrogen-bond donors (Lipinski definition) is 1. The summed E-state index contributed by atoms with van der Waals surface area (Å²) in [6.07, 6.45) is 5.19. The van der Waals surface area contributed by atoms with E-state index in [0.29, 0.717) is 0 Å². The van der Waals surface area contributed by atoms with Gasteiger partial charge in [0.1, 0.15) is 5.69 Å². The van der Waals surface area contributed by atoms with Gasteiger partial charge >= 0.3 is 0 Å². The van der Waals surface area contributed by atoms with Crippen molar-refractivity contribution in [2.75, 3.05) is 24.0 Å². The van der Waals surface area contributed by atoms with Crippen molar-refractivity contribution >= 4 is 70.4 Å². The molecule has 4 aliphatic rings. The van der Waals surface area contributed by atoms with Crippen molar-refractivity contribution in [3.05, 3.63) is 101 Å². The fourth-order valence-corrected chi connectivity index (χ4v) is 8.94. The molecule has 7 rings (SSSR count). The van der Waals surface area contributed by atoms with E-state index in [1.807, 2.05) is 0 Å². The lowest BCUT2D eigenvalue weighted by atomic mass is 9.57. The zero-order chi connectivity index (χ0) is 39.2. The van der Waals surface area contributed by atoms with E-state index in [9.17, 15) is 37.5 Å². The molecule has 280 valence electrons. The molecule has 1 saturated carbocycles. The number of allylic oxidation sites excluding steroid dienone is 3. The Kier molecular flexibility index (Phi) is 8.92. The van der Waals surface area contributed by atoms with Crippen LogP contribution in [0.4, 0.5) is 33.3 Å². The van der Waals surface area contributed by atoms with Crippen molar-refractivity contribution in [2.45, 2.75) is 22.6 Å². The first-order chi connectivity index (χ1) is 25.6. The van der Waals surface area contributed by atoms with Crippen molar-refractivity contribution in [1.82, 2.24) is 0 Å². The number of alkyl halides is 2. The van der Waals surface area contributed by atoms with Gasteiger partial charge in [0, 0.05) is 5.92 Å². The van der Waals surface area contributed by atoms with E-state index < -0.39 is 98.2 Å². The number of rotatable bonds is 7. The lowest BCUT2D eigenvalue weighted by Crippen LogP contribution is -2.60. The number of hydrogen-bond acceptors (Lipinski definition) is 7. The number of ether oxygens (including phenoxy) is 2. The van der Waals surface area contributed by atoms with Crippen molar-refractivity contribution in [3.8, 4) is 17.2 Å². The van der Waals surface area contributed by atoms with Gasteiger partial charge in [0.2, 0.25) is 23.4 Å². The van der Waals surface area contributed by atoms with Gasteiger partial charge in [-0.25, -0.2) is 26.9 Å². The maximum absolute atomic E-state index is 15.3. The number of anilines is 2. The first kappa shape index (κ1) is 37.1. The molecule has 1 N–H and O–H groups in total. The molecule has 3 aromatic rings. The van der Waals surface area contributed by atoms with Crippen LogP contribution in [0.25, 0.3) is 12.2 Å². The standard InChI is InChI=1S/C38H27Cl2F5N2O7/c1-4-16-5-8-18(9-6-16)46-33(49)20-11-10-19-21(25(20)34(46)50)15-37(39)35(51)47(31-29(44)27(42)26(41)28(43)30(31)45)36(52)38(37,40)22(19)12-7-17-13-23(53-2)32(48)24(14-17)54-3/h4-10,12-14,20-22,25,48H,1,11,15H2,2-3H3/t20-,21+,22-,25-,37+,38-/m0/s1. The number of amides is 4. The monoisotopic (exact) mass is 788 g/mol. The number of carbonyl (C=O) groups excluding carboxylic acids is 4. The van der Waals surface area contributed by atoms with Gasteiger partial charge in [-0.15, -0.1) is 23.2 Å². The van der Waals surface area contributed by atoms with Crippen LogP contribution in [-0.4, -0.2) is 52.7 Å². The summed E-state index contributed by atoms with van der Waals surface area (Å²) in [6.45, 7) is 3.69. The second kappa shape index (κ2) is 13.0. The van der Waals surface area contributed by atoms with Crippen molar-refractivity contribution in [3.63, 3.8) is 0 Å². The maximum atomic E-state index is 15.3. The molecule has 9 nitrogen and oxygen atoms in total. The number of aromatic hydroxyl groups is 1. The van der Waals surface area contributed by atoms with Gasteiger partial charge in [0.25, 0.3) is 11.8 Å². The number of halogens is 7. The summed E-state index contributed by atoms with van der Waals surface area (Å²) in [5.41, 5.74) is -0.348. The van der Waals surface area contributed by atoms with Crippen molar-refractivity contribution in [2.24, 2.45) is 23.7 Å². The van der Waals surface area contributed by atoms with Gasteiger partial charge in [-0.05, 0) is 54.2 Å². The normalized spacial score (nSPS) is 27.6. The molecule has 6 atom stereocenters. The molecule has 54 heavy (non-hydrogen) atoms. The van der Waals surface area contributed by atoms with Crippen molar-refractivity contribution < 1.29 is 55.7 Å². The quantitative estimate of drug-likeness (QED) is 0.0682. The summed E-state index contributed by atoms with van der Waals surface area (Å²) in [4.78, 5) is 52.2. The number of carbonyl (C=O) groups is 4. The minimum atomic E-state index is -2.69. The Morgan fingerprint density at radius 1 is 0.815 bits per heavy atom. The Morgan fingerprint density at radius 2 is 1.39 bits per heavy atom. The molecule has 2 aliphatic heterocycles. The molecule has 0 unspecified atom stereocenters. The molecular weight excluding hydrogens is 762 g/mol. The summed E-state index contributed by atoms with van der Waals surface area (Å²) in [7, 11) is 2.56. The van der Waals surface area contributed by atoms with Crippen LogP contribution in [0.2, 0.25) is 0 Å². The zero-order valence-corrected chi connectivity index (χ0v) is 29.7. The van der Waals surface area contributed by atoms with E-state index in [-0.39, 0.29) is 45.4 Å². The number of imide groups is 2. The first-order valence-electron chi connectivity index (χ1n) is 16.3. The molecule has 4 amide bonds. The lowest BCUT2D eigenvalue weighted by molar-refractivity contribution is -0.125. The van der Waals surface area contributed by atoms with Gasteiger partial charge in [-0.2, -0.15) is 0 Å². The molecule has 2 saturated heterocycles. The highest BCUT2D eigenvalue weighted by Gasteiger charge is 2.76. The third kappa shape index (κ3) is 4.95. The minimum Gasteiger partial charge on any atom is -0.502 e. The molecule has 0 radical (unpaired) electrons. The lowest BCUT2D eigenvalue weighted by Gasteiger charge is -2.49. The topological polar surface area (TPSA) is 113 Å². The Bertz CT molecular complexity index is 2210. The van der Waals surface area contributed by atoms with Crippen LogP contribution >= 0.6 is 23.2 Å². The SMILES string of the molecule is C=Cc1ccc(N2C(=O)[C@H]3[C@H](CC=C4[C@H]3C[C@@]3(Cl)C(=O)N(c5c(F)c(F)c(F)c(F)c5F)C(=O)[C@@]3(Cl)[C@H]4C=Cc3cc(OC)c(O)c(OC)c3)C2=O)cc1. The summed E-state index contributed by atoms with van der Waals surface area (Å²) in [5, 5.41) is 10.4. The van der Waals surface area contributed by atoms with E-state index in [1.54, 1.807) is 36.4 Å². The van der Waals surface area contributed by atoms with Crippen LogP contribution in [0, 0.1) is 52.8 Å². The van der Waals surface area contributed by atoms with Crippen LogP contribution in [0.1, 0.15) is 24.0 Å². The number of nitrogens with zero attached hydrogens (tertiary/aromatic N) is 2. The molecule has 2 heterocycles. The van der Waals surface area contributed by atoms with Gasteiger partial charge in [0.05, 0.1) is 31.7 Å². The molecule has 3 fully saturated rings. The van der Waals surface area contributed by atoms with E-state index in [4.69, 9.17) is 32.7 Å². The molecule has 0 bridgehead atoms. The summed E-state index contributed by atoms with van der Waals surface area (Å²) < 4.78 is 84.0. The molecular formula is C38H27Cl2F5N2O7. The fraction of sp³-hybridized carbons (Fsp3) is 0.263. The third-order valence-corrected chi connectivity index (χ3v) is 12.1. The molecule has 0 aromatic heterocycles. The number of benzene rings is 3. The zero-order valence-electron chi connectivity index (χ0n) is 28.1. The van der Waals surface area contributed by atoms with Crippen LogP contribution < -0.4 is 19.3 Å². The molecule has 16 heteroatoms. The highest BCUT2D eigenvalue weighted by molar-refractivity contribution is 6.58. The van der Waals surface area contributed by atoms with Crippen molar-refractivity contribution in [1.29, 1.82) is 0 Å². The van der Waals surface area contributed by atoms with Gasteiger partial charge in [-0.1, -0.05) is 48.6 Å². The maximum Gasteiger partial charge on any atom is 0.258 e. The Hall–Kier alpha value is -5.21. The Balaban J connectivity index is 1.40. The van der Waals surface area contributed by atoms with Crippen LogP contribution in [0.15, 0.2) is 60.7 Å². The van der Waals surface area contributed by atoms with Crippen LogP contribution in [-0.2, 0) is 19.2 Å². The largest absolute Gasteiger partial charge is 0.502 e. The average Bonchev–Trinajstić information content (AvgIpc) is 3.51. The molecule has 3 aromatic carbocycles. The van der Waals surface area contributed by atoms with Crippen LogP contribution in [0.5, 0.6) is 17.2 Å². The summed E-state index contributed by atoms with van der Waals surface area (Å²) in [6, 6.07) is 9.17. The average molecular weight is 790 g/mol. The number of phenolic OH excluding ortho intramolecular Hbond substituents is 1. The number of phenols is 1. The van der Waals surface area contributed by atoms with Gasteiger partial charge < -0.3 is 14.6 Å². The smallest absolute Gasteiger partial charge is 0.258 e. The van der Waals surface area contributed by atoms with E-state index in [2.05, 4.69) is 6.58 Å². The predicted molar refractivity (Wildman–Crippen MR) is 186 cm³/mol.